The number of piperidine rings is 1. The summed E-state index contributed by atoms with van der Waals surface area (Å²) in [5.41, 5.74) is 4.50. The van der Waals surface area contributed by atoms with Crippen LogP contribution < -0.4 is 5.69 Å². The fourth-order valence-electron chi connectivity index (χ4n) is 5.27. The van der Waals surface area contributed by atoms with E-state index < -0.39 is 0 Å². The van der Waals surface area contributed by atoms with Crippen molar-refractivity contribution in [2.45, 2.75) is 38.9 Å². The van der Waals surface area contributed by atoms with Crippen LogP contribution in [-0.4, -0.2) is 64.9 Å². The molecular weight excluding hydrogens is 471 g/mol. The number of hydrogen-bond donors (Lipinski definition) is 0. The number of ether oxygens (including phenoxy) is 1. The van der Waals surface area contributed by atoms with Gasteiger partial charge in [-0.1, -0.05) is 47.5 Å². The zero-order chi connectivity index (χ0) is 23.7. The van der Waals surface area contributed by atoms with Crippen LogP contribution in [0.25, 0.3) is 11.0 Å². The molecule has 0 spiro atoms. The Hall–Kier alpha value is -1.83. The van der Waals surface area contributed by atoms with E-state index in [2.05, 4.69) is 41.0 Å². The molecule has 1 aromatic heterocycles. The maximum Gasteiger partial charge on any atom is 0.329 e. The fraction of sp³-hybridized carbons (Fsp3) is 0.500. The quantitative estimate of drug-likeness (QED) is 0.494. The molecule has 182 valence electrons. The van der Waals surface area contributed by atoms with E-state index in [9.17, 15) is 4.79 Å². The molecule has 2 aliphatic rings. The van der Waals surface area contributed by atoms with Crippen molar-refractivity contribution >= 4 is 34.2 Å². The van der Waals surface area contributed by atoms with Crippen LogP contribution in [0, 0.1) is 6.92 Å². The van der Waals surface area contributed by atoms with Crippen LogP contribution in [0.15, 0.2) is 41.2 Å². The second kappa shape index (κ2) is 10.4. The number of fused-ring (bicyclic) bond motifs is 1. The summed E-state index contributed by atoms with van der Waals surface area (Å²) in [5, 5.41) is 0.977. The summed E-state index contributed by atoms with van der Waals surface area (Å²) in [7, 11) is 0. The van der Waals surface area contributed by atoms with Gasteiger partial charge in [-0.3, -0.25) is 18.9 Å². The molecule has 2 aliphatic heterocycles. The smallest absolute Gasteiger partial charge is 0.329 e. The molecule has 0 aliphatic carbocycles. The van der Waals surface area contributed by atoms with Gasteiger partial charge in [-0.05, 0) is 43.0 Å². The van der Waals surface area contributed by atoms with Crippen LogP contribution in [0.3, 0.4) is 0 Å². The Labute approximate surface area is 210 Å². The van der Waals surface area contributed by atoms with Crippen molar-refractivity contribution in [3.8, 4) is 0 Å². The van der Waals surface area contributed by atoms with Gasteiger partial charge >= 0.3 is 5.69 Å². The molecule has 0 amide bonds. The standard InChI is InChI=1S/C26H32Cl2N4O2/c1-19-4-2-3-5-20(19)18-30-8-6-21(7-9-30)32-25-17-23(28)22(27)16-24(25)31(26(32)33)11-10-29-12-14-34-15-13-29/h2-5,16-17,21H,6-15,18H2,1H3. The molecule has 0 atom stereocenters. The second-order valence-corrected chi connectivity index (χ2v) is 10.3. The zero-order valence-electron chi connectivity index (χ0n) is 19.7. The Morgan fingerprint density at radius 2 is 1.59 bits per heavy atom. The first-order valence-electron chi connectivity index (χ1n) is 12.2. The van der Waals surface area contributed by atoms with E-state index in [4.69, 9.17) is 27.9 Å². The van der Waals surface area contributed by atoms with E-state index in [0.717, 1.165) is 76.4 Å². The molecule has 3 aromatic rings. The number of aryl methyl sites for hydroxylation is 1. The molecule has 6 nitrogen and oxygen atoms in total. The number of nitrogens with zero attached hydrogens (tertiary/aromatic N) is 4. The Balaban J connectivity index is 1.37. The minimum absolute atomic E-state index is 0.0407. The highest BCUT2D eigenvalue weighted by Crippen LogP contribution is 2.32. The summed E-state index contributed by atoms with van der Waals surface area (Å²) < 4.78 is 9.32. The molecule has 0 radical (unpaired) electrons. The monoisotopic (exact) mass is 502 g/mol. The number of imidazole rings is 1. The predicted molar refractivity (Wildman–Crippen MR) is 138 cm³/mol. The maximum absolute atomic E-state index is 13.7. The van der Waals surface area contributed by atoms with Crippen LogP contribution in [-0.2, 0) is 17.8 Å². The van der Waals surface area contributed by atoms with Crippen LogP contribution >= 0.6 is 23.2 Å². The molecule has 8 heteroatoms. The van der Waals surface area contributed by atoms with Crippen LogP contribution in [0.1, 0.15) is 30.0 Å². The number of halogens is 2. The van der Waals surface area contributed by atoms with E-state index in [-0.39, 0.29) is 11.7 Å². The molecule has 3 heterocycles. The first-order valence-corrected chi connectivity index (χ1v) is 12.9. The lowest BCUT2D eigenvalue weighted by Gasteiger charge is -2.33. The van der Waals surface area contributed by atoms with Gasteiger partial charge in [0.25, 0.3) is 0 Å². The highest BCUT2D eigenvalue weighted by atomic mass is 35.5. The topological polar surface area (TPSA) is 42.6 Å². The van der Waals surface area contributed by atoms with Crippen molar-refractivity contribution in [2.75, 3.05) is 45.9 Å². The largest absolute Gasteiger partial charge is 0.379 e. The van der Waals surface area contributed by atoms with Crippen LogP contribution in [0.5, 0.6) is 0 Å². The normalized spacial score (nSPS) is 18.7. The second-order valence-electron chi connectivity index (χ2n) is 9.45. The summed E-state index contributed by atoms with van der Waals surface area (Å²) in [4.78, 5) is 18.5. The van der Waals surface area contributed by atoms with Gasteiger partial charge in [-0.2, -0.15) is 0 Å². The van der Waals surface area contributed by atoms with Gasteiger partial charge in [0, 0.05) is 51.9 Å². The Bertz CT molecular complexity index is 1210. The summed E-state index contributed by atoms with van der Waals surface area (Å²) in [6.45, 7) is 9.81. The van der Waals surface area contributed by atoms with Crippen LogP contribution in [0.2, 0.25) is 10.0 Å². The van der Waals surface area contributed by atoms with Crippen molar-refractivity contribution in [3.05, 3.63) is 68.1 Å². The minimum atomic E-state index is 0.0407. The average Bonchev–Trinajstić information content (AvgIpc) is 3.11. The highest BCUT2D eigenvalue weighted by molar-refractivity contribution is 6.42. The van der Waals surface area contributed by atoms with Crippen LogP contribution in [0.4, 0.5) is 0 Å². The molecule has 5 rings (SSSR count). The highest BCUT2D eigenvalue weighted by Gasteiger charge is 2.26. The van der Waals surface area contributed by atoms with Crippen molar-refractivity contribution in [1.82, 2.24) is 18.9 Å². The third-order valence-electron chi connectivity index (χ3n) is 7.33. The Kier molecular flexibility index (Phi) is 7.32. The molecular formula is C26H32Cl2N4O2. The molecule has 2 saturated heterocycles. The van der Waals surface area contributed by atoms with Crippen molar-refractivity contribution in [1.29, 1.82) is 0 Å². The van der Waals surface area contributed by atoms with Gasteiger partial charge in [-0.15, -0.1) is 0 Å². The zero-order valence-corrected chi connectivity index (χ0v) is 21.2. The van der Waals surface area contributed by atoms with E-state index in [1.807, 2.05) is 21.3 Å². The Morgan fingerprint density at radius 1 is 0.912 bits per heavy atom. The SMILES string of the molecule is Cc1ccccc1CN1CCC(n2c(=O)n(CCN3CCOCC3)c3cc(Cl)c(Cl)cc32)CC1. The van der Waals surface area contributed by atoms with E-state index >= 15 is 0 Å². The van der Waals surface area contributed by atoms with E-state index in [0.29, 0.717) is 16.6 Å². The van der Waals surface area contributed by atoms with E-state index in [1.165, 1.54) is 11.1 Å². The molecule has 34 heavy (non-hydrogen) atoms. The third kappa shape index (κ3) is 4.93. The van der Waals surface area contributed by atoms with Gasteiger partial charge < -0.3 is 4.74 Å². The molecule has 0 bridgehead atoms. The Morgan fingerprint density at radius 3 is 2.29 bits per heavy atom. The van der Waals surface area contributed by atoms with Crippen molar-refractivity contribution in [3.63, 3.8) is 0 Å². The summed E-state index contributed by atoms with van der Waals surface area (Å²) >= 11 is 12.8. The number of likely N-dealkylation sites (tertiary alicyclic amines) is 1. The van der Waals surface area contributed by atoms with Gasteiger partial charge in [-0.25, -0.2) is 4.79 Å². The summed E-state index contributed by atoms with van der Waals surface area (Å²) in [6, 6.07) is 12.4. The lowest BCUT2D eigenvalue weighted by Crippen LogP contribution is -2.40. The number of aromatic nitrogens is 2. The first kappa shape index (κ1) is 23.9. The van der Waals surface area contributed by atoms with Gasteiger partial charge in [0.1, 0.15) is 0 Å². The number of hydrogen-bond acceptors (Lipinski definition) is 4. The predicted octanol–water partition coefficient (Wildman–Crippen LogP) is 4.59. The molecule has 2 fully saturated rings. The van der Waals surface area contributed by atoms with Gasteiger partial charge in [0.2, 0.25) is 0 Å². The summed E-state index contributed by atoms with van der Waals surface area (Å²) in [6.07, 6.45) is 1.88. The van der Waals surface area contributed by atoms with Gasteiger partial charge in [0.05, 0.1) is 34.3 Å². The lowest BCUT2D eigenvalue weighted by molar-refractivity contribution is 0.0364. The summed E-state index contributed by atoms with van der Waals surface area (Å²) in [5.74, 6) is 0. The number of morpholine rings is 1. The average molecular weight is 503 g/mol. The molecule has 0 N–H and O–H groups in total. The lowest BCUT2D eigenvalue weighted by atomic mass is 10.0. The minimum Gasteiger partial charge on any atom is -0.379 e. The molecule has 0 unspecified atom stereocenters. The van der Waals surface area contributed by atoms with Crippen molar-refractivity contribution < 1.29 is 4.74 Å². The number of rotatable bonds is 6. The maximum atomic E-state index is 13.7. The number of benzene rings is 2. The van der Waals surface area contributed by atoms with E-state index in [1.54, 1.807) is 0 Å². The fourth-order valence-corrected chi connectivity index (χ4v) is 5.59. The molecule has 2 aromatic carbocycles. The third-order valence-corrected chi connectivity index (χ3v) is 8.05. The van der Waals surface area contributed by atoms with Crippen molar-refractivity contribution in [2.24, 2.45) is 0 Å². The first-order chi connectivity index (χ1) is 16.5. The van der Waals surface area contributed by atoms with Gasteiger partial charge in [0.15, 0.2) is 0 Å². The molecule has 0 saturated carbocycles.